The van der Waals surface area contributed by atoms with E-state index in [2.05, 4.69) is 21.2 Å². The molecule has 5 heteroatoms. The number of benzene rings is 2. The number of nitrogens with zero attached hydrogens (tertiary/aromatic N) is 1. The van der Waals surface area contributed by atoms with Crippen molar-refractivity contribution in [2.24, 2.45) is 0 Å². The molecule has 94 valence electrons. The molecule has 2 aromatic rings. The number of halogens is 2. The lowest BCUT2D eigenvalue weighted by Crippen LogP contribution is -2.11. The van der Waals surface area contributed by atoms with E-state index in [1.165, 1.54) is 6.07 Å². The zero-order valence-corrected chi connectivity index (χ0v) is 12.0. The summed E-state index contributed by atoms with van der Waals surface area (Å²) in [4.78, 5) is 12.0. The van der Waals surface area contributed by atoms with E-state index < -0.39 is 0 Å². The van der Waals surface area contributed by atoms with Crippen LogP contribution in [-0.2, 0) is 0 Å². The molecule has 2 aromatic carbocycles. The molecule has 0 bridgehead atoms. The lowest BCUT2D eigenvalue weighted by molar-refractivity contribution is 0.102. The van der Waals surface area contributed by atoms with Crippen molar-refractivity contribution in [2.75, 3.05) is 5.32 Å². The van der Waals surface area contributed by atoms with Crippen LogP contribution in [0.1, 0.15) is 15.9 Å². The highest BCUT2D eigenvalue weighted by Crippen LogP contribution is 2.20. The summed E-state index contributed by atoms with van der Waals surface area (Å²) in [6.45, 7) is 0. The maximum atomic E-state index is 12.0. The molecule has 0 heterocycles. The van der Waals surface area contributed by atoms with Crippen LogP contribution >= 0.6 is 27.5 Å². The fourth-order valence-corrected chi connectivity index (χ4v) is 2.08. The van der Waals surface area contributed by atoms with Crippen molar-refractivity contribution >= 4 is 39.1 Å². The molecule has 0 fully saturated rings. The van der Waals surface area contributed by atoms with Crippen LogP contribution in [0.15, 0.2) is 46.9 Å². The first kappa shape index (κ1) is 13.6. The van der Waals surface area contributed by atoms with Gasteiger partial charge in [-0.2, -0.15) is 5.26 Å². The SMILES string of the molecule is N#Cc1cc(NC(=O)c2cccc(Br)c2)ccc1Cl. The third kappa shape index (κ3) is 3.34. The van der Waals surface area contributed by atoms with Gasteiger partial charge in [0.25, 0.3) is 5.91 Å². The summed E-state index contributed by atoms with van der Waals surface area (Å²) in [5.74, 6) is -0.243. The van der Waals surface area contributed by atoms with Gasteiger partial charge < -0.3 is 5.32 Å². The van der Waals surface area contributed by atoms with Gasteiger partial charge in [-0.1, -0.05) is 33.6 Å². The maximum absolute atomic E-state index is 12.0. The van der Waals surface area contributed by atoms with E-state index in [9.17, 15) is 4.79 Å². The topological polar surface area (TPSA) is 52.9 Å². The highest BCUT2D eigenvalue weighted by Gasteiger charge is 2.08. The standard InChI is InChI=1S/C14H8BrClN2O/c15-11-3-1-2-9(6-11)14(19)18-12-4-5-13(16)10(7-12)8-17/h1-7H,(H,18,19). The van der Waals surface area contributed by atoms with Crippen molar-refractivity contribution in [2.45, 2.75) is 0 Å². The number of rotatable bonds is 2. The molecule has 0 saturated carbocycles. The molecule has 2 rings (SSSR count). The molecule has 0 aliphatic heterocycles. The van der Waals surface area contributed by atoms with E-state index >= 15 is 0 Å². The monoisotopic (exact) mass is 334 g/mol. The van der Waals surface area contributed by atoms with Crippen LogP contribution in [-0.4, -0.2) is 5.91 Å². The molecule has 1 N–H and O–H groups in total. The summed E-state index contributed by atoms with van der Waals surface area (Å²) in [5.41, 5.74) is 1.39. The average Bonchev–Trinajstić information content (AvgIpc) is 2.41. The van der Waals surface area contributed by atoms with Crippen LogP contribution in [0, 0.1) is 11.3 Å². The Morgan fingerprint density at radius 1 is 1.26 bits per heavy atom. The fourth-order valence-electron chi connectivity index (χ4n) is 1.52. The molecule has 0 aromatic heterocycles. The summed E-state index contributed by atoms with van der Waals surface area (Å²) in [7, 11) is 0. The molecule has 0 saturated heterocycles. The minimum atomic E-state index is -0.243. The smallest absolute Gasteiger partial charge is 0.255 e. The Labute approximate surface area is 123 Å². The Hall–Kier alpha value is -1.83. The number of carbonyl (C=O) groups is 1. The first-order valence-corrected chi connectivity index (χ1v) is 6.54. The molecular weight excluding hydrogens is 328 g/mol. The number of nitrogens with one attached hydrogen (secondary N) is 1. The predicted molar refractivity (Wildman–Crippen MR) is 78.3 cm³/mol. The minimum Gasteiger partial charge on any atom is -0.322 e. The van der Waals surface area contributed by atoms with Crippen molar-refractivity contribution in [3.63, 3.8) is 0 Å². The van der Waals surface area contributed by atoms with Crippen LogP contribution in [0.2, 0.25) is 5.02 Å². The number of anilines is 1. The van der Waals surface area contributed by atoms with E-state index in [4.69, 9.17) is 16.9 Å². The van der Waals surface area contributed by atoms with Gasteiger partial charge in [0, 0.05) is 15.7 Å². The van der Waals surface area contributed by atoms with Crippen LogP contribution in [0.3, 0.4) is 0 Å². The summed E-state index contributed by atoms with van der Waals surface area (Å²) in [6.07, 6.45) is 0. The van der Waals surface area contributed by atoms with Crippen molar-refractivity contribution in [3.8, 4) is 6.07 Å². The number of hydrogen-bond acceptors (Lipinski definition) is 2. The minimum absolute atomic E-state index is 0.243. The quantitative estimate of drug-likeness (QED) is 0.893. The van der Waals surface area contributed by atoms with E-state index in [0.717, 1.165) is 4.47 Å². The van der Waals surface area contributed by atoms with Crippen molar-refractivity contribution in [1.82, 2.24) is 0 Å². The Kier molecular flexibility index (Phi) is 4.20. The second-order valence-electron chi connectivity index (χ2n) is 3.77. The lowest BCUT2D eigenvalue weighted by Gasteiger charge is -2.06. The zero-order valence-electron chi connectivity index (χ0n) is 9.65. The summed E-state index contributed by atoms with van der Waals surface area (Å²) in [5, 5.41) is 12.0. The lowest BCUT2D eigenvalue weighted by atomic mass is 10.2. The largest absolute Gasteiger partial charge is 0.322 e. The second kappa shape index (κ2) is 5.87. The maximum Gasteiger partial charge on any atom is 0.255 e. The molecular formula is C14H8BrClN2O. The number of amides is 1. The Bertz CT molecular complexity index is 679. The van der Waals surface area contributed by atoms with Gasteiger partial charge in [-0.15, -0.1) is 0 Å². The van der Waals surface area contributed by atoms with Crippen molar-refractivity contribution in [3.05, 3.63) is 63.1 Å². The van der Waals surface area contributed by atoms with E-state index in [0.29, 0.717) is 21.8 Å². The normalized spacial score (nSPS) is 9.74. The van der Waals surface area contributed by atoms with Crippen molar-refractivity contribution < 1.29 is 4.79 Å². The zero-order chi connectivity index (χ0) is 13.8. The summed E-state index contributed by atoms with van der Waals surface area (Å²) in [6, 6.07) is 13.8. The fraction of sp³-hybridized carbons (Fsp3) is 0. The summed E-state index contributed by atoms with van der Waals surface area (Å²) < 4.78 is 0.828. The van der Waals surface area contributed by atoms with Crippen LogP contribution in [0.4, 0.5) is 5.69 Å². The Balaban J connectivity index is 2.22. The molecule has 0 atom stereocenters. The highest BCUT2D eigenvalue weighted by molar-refractivity contribution is 9.10. The Morgan fingerprint density at radius 2 is 2.05 bits per heavy atom. The first-order chi connectivity index (χ1) is 9.10. The average molecular weight is 336 g/mol. The van der Waals surface area contributed by atoms with Gasteiger partial charge in [0.15, 0.2) is 0 Å². The van der Waals surface area contributed by atoms with Crippen LogP contribution < -0.4 is 5.32 Å². The molecule has 19 heavy (non-hydrogen) atoms. The molecule has 1 amide bonds. The van der Waals surface area contributed by atoms with E-state index in [1.807, 2.05) is 12.1 Å². The highest BCUT2D eigenvalue weighted by atomic mass is 79.9. The van der Waals surface area contributed by atoms with Gasteiger partial charge in [-0.05, 0) is 36.4 Å². The third-order valence-corrected chi connectivity index (χ3v) is 3.25. The van der Waals surface area contributed by atoms with E-state index in [1.54, 1.807) is 30.3 Å². The van der Waals surface area contributed by atoms with E-state index in [-0.39, 0.29) is 5.91 Å². The first-order valence-electron chi connectivity index (χ1n) is 5.37. The molecule has 0 spiro atoms. The molecule has 0 unspecified atom stereocenters. The van der Waals surface area contributed by atoms with Gasteiger partial charge in [-0.3, -0.25) is 4.79 Å². The van der Waals surface area contributed by atoms with Gasteiger partial charge in [0.05, 0.1) is 10.6 Å². The van der Waals surface area contributed by atoms with Gasteiger partial charge >= 0.3 is 0 Å². The predicted octanol–water partition coefficient (Wildman–Crippen LogP) is 4.23. The second-order valence-corrected chi connectivity index (χ2v) is 5.09. The number of nitriles is 1. The van der Waals surface area contributed by atoms with Gasteiger partial charge in [-0.25, -0.2) is 0 Å². The van der Waals surface area contributed by atoms with Crippen LogP contribution in [0.5, 0.6) is 0 Å². The molecule has 3 nitrogen and oxygen atoms in total. The number of carbonyl (C=O) groups excluding carboxylic acids is 1. The summed E-state index contributed by atoms with van der Waals surface area (Å²) >= 11 is 9.14. The molecule has 0 radical (unpaired) electrons. The van der Waals surface area contributed by atoms with Gasteiger partial charge in [0.1, 0.15) is 6.07 Å². The van der Waals surface area contributed by atoms with Crippen LogP contribution in [0.25, 0.3) is 0 Å². The molecule has 0 aliphatic carbocycles. The van der Waals surface area contributed by atoms with Crippen molar-refractivity contribution in [1.29, 1.82) is 5.26 Å². The third-order valence-electron chi connectivity index (χ3n) is 2.43. The number of hydrogen-bond donors (Lipinski definition) is 1. The van der Waals surface area contributed by atoms with Gasteiger partial charge in [0.2, 0.25) is 0 Å². The molecule has 0 aliphatic rings. The Morgan fingerprint density at radius 3 is 2.74 bits per heavy atom.